The highest BCUT2D eigenvalue weighted by atomic mass is 16.5. The summed E-state index contributed by atoms with van der Waals surface area (Å²) in [5.74, 6) is 0. The van der Waals surface area contributed by atoms with Gasteiger partial charge in [0.15, 0.2) is 0 Å². The first-order chi connectivity index (χ1) is 5.27. The fraction of sp³-hybridized carbons (Fsp3) is 1.00. The molecular formula is C8H13NO2. The Morgan fingerprint density at radius 1 is 1.36 bits per heavy atom. The minimum absolute atomic E-state index is 0.128. The second-order valence-electron chi connectivity index (χ2n) is 3.98. The van der Waals surface area contributed by atoms with E-state index in [9.17, 15) is 5.11 Å². The van der Waals surface area contributed by atoms with Gasteiger partial charge in [-0.25, -0.2) is 0 Å². The Kier molecular flexibility index (Phi) is 1.04. The molecule has 62 valence electrons. The molecule has 4 aliphatic heterocycles. The van der Waals surface area contributed by atoms with Gasteiger partial charge < -0.3 is 9.84 Å². The average Bonchev–Trinajstić information content (AvgIpc) is 2.39. The molecule has 0 aromatic rings. The van der Waals surface area contributed by atoms with Gasteiger partial charge in [-0.3, -0.25) is 4.90 Å². The van der Waals surface area contributed by atoms with Crippen molar-refractivity contribution in [2.24, 2.45) is 0 Å². The van der Waals surface area contributed by atoms with Crippen molar-refractivity contribution in [1.29, 1.82) is 0 Å². The molecule has 0 saturated carbocycles. The number of hydrogen-bond donors (Lipinski definition) is 1. The van der Waals surface area contributed by atoms with Crippen molar-refractivity contribution < 1.29 is 9.84 Å². The second kappa shape index (κ2) is 1.79. The van der Waals surface area contributed by atoms with Gasteiger partial charge in [0, 0.05) is 12.1 Å². The van der Waals surface area contributed by atoms with E-state index in [0.29, 0.717) is 18.2 Å². The molecule has 0 radical (unpaired) electrons. The molecule has 3 nitrogen and oxygen atoms in total. The Labute approximate surface area is 65.9 Å². The molecule has 1 N–H and O–H groups in total. The molecule has 4 heterocycles. The molecule has 1 unspecified atom stereocenters. The van der Waals surface area contributed by atoms with Gasteiger partial charge in [-0.05, 0) is 19.9 Å². The van der Waals surface area contributed by atoms with E-state index in [1.807, 2.05) is 0 Å². The molecule has 0 aliphatic carbocycles. The second-order valence-corrected chi connectivity index (χ2v) is 3.98. The molecule has 0 aromatic carbocycles. The quantitative estimate of drug-likeness (QED) is 0.516. The zero-order chi connectivity index (χ0) is 7.59. The number of ether oxygens (including phenoxy) is 1. The number of aliphatic hydroxyl groups excluding tert-OH is 1. The van der Waals surface area contributed by atoms with Crippen LogP contribution in [0.25, 0.3) is 0 Å². The molecule has 4 aliphatic rings. The molecule has 4 fully saturated rings. The summed E-state index contributed by atoms with van der Waals surface area (Å²) in [5.41, 5.74) is 0. The normalized spacial score (nSPS) is 61.1. The summed E-state index contributed by atoms with van der Waals surface area (Å²) in [6.07, 6.45) is 2.53. The lowest BCUT2D eigenvalue weighted by atomic mass is 10.0. The van der Waals surface area contributed by atoms with E-state index in [4.69, 9.17) is 4.74 Å². The van der Waals surface area contributed by atoms with Gasteiger partial charge in [0.05, 0.1) is 12.2 Å². The van der Waals surface area contributed by atoms with Crippen molar-refractivity contribution in [3.63, 3.8) is 0 Å². The van der Waals surface area contributed by atoms with Crippen LogP contribution in [0.5, 0.6) is 0 Å². The van der Waals surface area contributed by atoms with Crippen LogP contribution < -0.4 is 0 Å². The molecule has 4 saturated heterocycles. The Morgan fingerprint density at radius 2 is 2.09 bits per heavy atom. The van der Waals surface area contributed by atoms with Crippen LogP contribution in [0.15, 0.2) is 0 Å². The van der Waals surface area contributed by atoms with Gasteiger partial charge in [-0.2, -0.15) is 0 Å². The first kappa shape index (κ1) is 6.40. The van der Waals surface area contributed by atoms with Crippen LogP contribution in [0.2, 0.25) is 0 Å². The zero-order valence-electron chi connectivity index (χ0n) is 6.60. The van der Waals surface area contributed by atoms with Crippen molar-refractivity contribution >= 4 is 0 Å². The summed E-state index contributed by atoms with van der Waals surface area (Å²) in [4.78, 5) is 2.29. The molecule has 5 atom stereocenters. The third-order valence-corrected chi connectivity index (χ3v) is 3.51. The van der Waals surface area contributed by atoms with Crippen LogP contribution in [0.3, 0.4) is 0 Å². The third-order valence-electron chi connectivity index (χ3n) is 3.51. The highest BCUT2D eigenvalue weighted by molar-refractivity contribution is 5.10. The van der Waals surface area contributed by atoms with Gasteiger partial charge in [0.2, 0.25) is 0 Å². The van der Waals surface area contributed by atoms with Gasteiger partial charge >= 0.3 is 0 Å². The van der Waals surface area contributed by atoms with Crippen LogP contribution in [0.1, 0.15) is 12.8 Å². The number of hydrogen-bond acceptors (Lipinski definition) is 3. The fourth-order valence-corrected chi connectivity index (χ4v) is 2.91. The molecule has 11 heavy (non-hydrogen) atoms. The highest BCUT2D eigenvalue weighted by Gasteiger charge is 2.57. The Bertz CT molecular complexity index is 175. The van der Waals surface area contributed by atoms with Gasteiger partial charge in [-0.15, -0.1) is 0 Å². The predicted molar refractivity (Wildman–Crippen MR) is 39.2 cm³/mol. The standard InChI is InChI=1S/C8H13NO2/c1-9-5-2-4-3-6(9)8(11-4)7(5)10/h4-8,10H,2-3H2,1H3/t4?,5-,6+,7-,8+/m1/s1. The smallest absolute Gasteiger partial charge is 0.101 e. The maximum absolute atomic E-state index is 9.71. The van der Waals surface area contributed by atoms with Gasteiger partial charge in [0.25, 0.3) is 0 Å². The number of likely N-dealkylation sites (N-methyl/N-ethyl adjacent to an activating group) is 1. The Hall–Kier alpha value is -0.120. The number of rotatable bonds is 0. The molecule has 0 spiro atoms. The van der Waals surface area contributed by atoms with E-state index >= 15 is 0 Å². The van der Waals surface area contributed by atoms with Crippen LogP contribution in [-0.4, -0.2) is 47.4 Å². The third kappa shape index (κ3) is 0.604. The van der Waals surface area contributed by atoms with E-state index in [1.54, 1.807) is 0 Å². The Morgan fingerprint density at radius 3 is 2.73 bits per heavy atom. The molecule has 4 bridgehead atoms. The van der Waals surface area contributed by atoms with Crippen molar-refractivity contribution in [2.75, 3.05) is 7.05 Å². The van der Waals surface area contributed by atoms with Crippen molar-refractivity contribution in [3.8, 4) is 0 Å². The SMILES string of the molecule is CN1[C@@H]2CC3C[C@H]1[C@H](O3)[C@@H]2O. The molecule has 3 heteroatoms. The van der Waals surface area contributed by atoms with Crippen molar-refractivity contribution in [3.05, 3.63) is 0 Å². The van der Waals surface area contributed by atoms with Gasteiger partial charge in [-0.1, -0.05) is 0 Å². The summed E-state index contributed by atoms with van der Waals surface area (Å²) >= 11 is 0. The summed E-state index contributed by atoms with van der Waals surface area (Å²) in [5, 5.41) is 9.71. The van der Waals surface area contributed by atoms with Crippen LogP contribution in [0, 0.1) is 0 Å². The lowest BCUT2D eigenvalue weighted by Crippen LogP contribution is -2.44. The summed E-state index contributed by atoms with van der Waals surface area (Å²) in [6.45, 7) is 0. The van der Waals surface area contributed by atoms with Crippen molar-refractivity contribution in [2.45, 2.75) is 43.2 Å². The minimum atomic E-state index is -0.219. The summed E-state index contributed by atoms with van der Waals surface area (Å²) in [6, 6.07) is 0.895. The first-order valence-corrected chi connectivity index (χ1v) is 4.33. The van der Waals surface area contributed by atoms with E-state index in [1.165, 1.54) is 0 Å². The van der Waals surface area contributed by atoms with Crippen molar-refractivity contribution in [1.82, 2.24) is 4.90 Å². The predicted octanol–water partition coefficient (Wildman–Crippen LogP) is -0.409. The number of nitrogens with zero attached hydrogens (tertiary/aromatic N) is 1. The van der Waals surface area contributed by atoms with Crippen LogP contribution in [-0.2, 0) is 4.74 Å². The molecule has 0 aromatic heterocycles. The average molecular weight is 155 g/mol. The van der Waals surface area contributed by atoms with E-state index in [-0.39, 0.29) is 12.2 Å². The first-order valence-electron chi connectivity index (χ1n) is 4.33. The van der Waals surface area contributed by atoms with Crippen LogP contribution in [0.4, 0.5) is 0 Å². The van der Waals surface area contributed by atoms with Gasteiger partial charge in [0.1, 0.15) is 6.10 Å². The minimum Gasteiger partial charge on any atom is -0.389 e. The topological polar surface area (TPSA) is 32.7 Å². The molecule has 4 rings (SSSR count). The molecular weight excluding hydrogens is 142 g/mol. The van der Waals surface area contributed by atoms with E-state index in [0.717, 1.165) is 12.8 Å². The summed E-state index contributed by atoms with van der Waals surface area (Å²) < 4.78 is 5.64. The van der Waals surface area contributed by atoms with Crippen LogP contribution >= 0.6 is 0 Å². The number of aliphatic hydroxyl groups is 1. The van der Waals surface area contributed by atoms with E-state index < -0.39 is 0 Å². The lowest BCUT2D eigenvalue weighted by Gasteiger charge is -2.33. The van der Waals surface area contributed by atoms with E-state index in [2.05, 4.69) is 11.9 Å². The monoisotopic (exact) mass is 155 g/mol. The zero-order valence-corrected chi connectivity index (χ0v) is 6.60. The largest absolute Gasteiger partial charge is 0.389 e. The molecule has 0 amide bonds. The maximum atomic E-state index is 9.71. The fourth-order valence-electron chi connectivity index (χ4n) is 2.91. The highest BCUT2D eigenvalue weighted by Crippen LogP contribution is 2.44. The number of piperidine rings is 1. The lowest BCUT2D eigenvalue weighted by molar-refractivity contribution is -0.0758. The maximum Gasteiger partial charge on any atom is 0.101 e. The summed E-state index contributed by atoms with van der Waals surface area (Å²) in [7, 11) is 2.10. The Balaban J connectivity index is 2.00.